The van der Waals surface area contributed by atoms with E-state index in [9.17, 15) is 18.8 Å². The predicted molar refractivity (Wildman–Crippen MR) is 101 cm³/mol. The third-order valence-corrected chi connectivity index (χ3v) is 3.71. The van der Waals surface area contributed by atoms with Crippen molar-refractivity contribution in [1.82, 2.24) is 10.2 Å². The minimum atomic E-state index is -0.442. The molecule has 7 heteroatoms. The van der Waals surface area contributed by atoms with E-state index < -0.39 is 11.7 Å². The summed E-state index contributed by atoms with van der Waals surface area (Å²) in [7, 11) is 0. The van der Waals surface area contributed by atoms with E-state index in [4.69, 9.17) is 0 Å². The Hall–Kier alpha value is -3.22. The highest BCUT2D eigenvalue weighted by Gasteiger charge is 2.18. The Kier molecular flexibility index (Phi) is 7.49. The van der Waals surface area contributed by atoms with Crippen LogP contribution in [0.5, 0.6) is 0 Å². The normalized spacial score (nSPS) is 10.1. The molecule has 2 rings (SSSR count). The molecule has 0 bridgehead atoms. The third-order valence-electron chi connectivity index (χ3n) is 3.71. The van der Waals surface area contributed by atoms with E-state index in [1.807, 2.05) is 13.0 Å². The molecule has 6 nitrogen and oxygen atoms in total. The summed E-state index contributed by atoms with van der Waals surface area (Å²) >= 11 is 0. The van der Waals surface area contributed by atoms with Gasteiger partial charge in [-0.15, -0.1) is 0 Å². The van der Waals surface area contributed by atoms with Crippen LogP contribution < -0.4 is 10.6 Å². The molecule has 0 heterocycles. The first-order valence-corrected chi connectivity index (χ1v) is 8.66. The van der Waals surface area contributed by atoms with Gasteiger partial charge >= 0.3 is 0 Å². The lowest BCUT2D eigenvalue weighted by Crippen LogP contribution is -2.43. The fraction of sp³-hybridized carbons (Fsp3) is 0.250. The van der Waals surface area contributed by atoms with Gasteiger partial charge in [-0.1, -0.05) is 25.1 Å². The van der Waals surface area contributed by atoms with Crippen molar-refractivity contribution in [2.75, 3.05) is 25.0 Å². The van der Waals surface area contributed by atoms with Crippen LogP contribution in [0.25, 0.3) is 0 Å². The Morgan fingerprint density at radius 1 is 0.963 bits per heavy atom. The average Bonchev–Trinajstić information content (AvgIpc) is 2.67. The van der Waals surface area contributed by atoms with Crippen LogP contribution in [-0.4, -0.2) is 42.3 Å². The number of para-hydroxylation sites is 1. The quantitative estimate of drug-likeness (QED) is 0.748. The second-order valence-corrected chi connectivity index (χ2v) is 5.92. The number of halogens is 1. The van der Waals surface area contributed by atoms with Gasteiger partial charge in [-0.05, 0) is 42.8 Å². The maximum Gasteiger partial charge on any atom is 0.254 e. The van der Waals surface area contributed by atoms with E-state index in [-0.39, 0.29) is 24.9 Å². The zero-order chi connectivity index (χ0) is 19.6. The monoisotopic (exact) mass is 371 g/mol. The largest absolute Gasteiger partial charge is 0.345 e. The van der Waals surface area contributed by atoms with Gasteiger partial charge in [0.1, 0.15) is 5.82 Å². The molecular weight excluding hydrogens is 349 g/mol. The molecule has 3 amide bonds. The first-order chi connectivity index (χ1) is 13.0. The molecule has 0 aliphatic carbocycles. The number of nitrogens with zero attached hydrogens (tertiary/aromatic N) is 1. The molecule has 0 saturated heterocycles. The molecule has 0 spiro atoms. The van der Waals surface area contributed by atoms with Crippen molar-refractivity contribution in [2.24, 2.45) is 0 Å². The summed E-state index contributed by atoms with van der Waals surface area (Å²) in [6.07, 6.45) is 0.661. The van der Waals surface area contributed by atoms with E-state index in [2.05, 4.69) is 10.6 Å². The SMILES string of the molecule is CCCN(CC(=O)NCC(=O)Nc1ccccc1)C(=O)c1ccc(F)cc1. The lowest BCUT2D eigenvalue weighted by Gasteiger charge is -2.21. The fourth-order valence-electron chi connectivity index (χ4n) is 2.43. The van der Waals surface area contributed by atoms with E-state index >= 15 is 0 Å². The molecule has 0 aromatic heterocycles. The van der Waals surface area contributed by atoms with Crippen molar-refractivity contribution in [3.05, 3.63) is 66.0 Å². The number of carbonyl (C=O) groups excluding carboxylic acids is 3. The van der Waals surface area contributed by atoms with Gasteiger partial charge in [-0.25, -0.2) is 4.39 Å². The molecular formula is C20H22FN3O3. The molecule has 2 aromatic carbocycles. The summed E-state index contributed by atoms with van der Waals surface area (Å²) in [5.74, 6) is -1.60. The van der Waals surface area contributed by atoms with E-state index in [1.165, 1.54) is 29.2 Å². The predicted octanol–water partition coefficient (Wildman–Crippen LogP) is 2.43. The highest BCUT2D eigenvalue weighted by atomic mass is 19.1. The van der Waals surface area contributed by atoms with E-state index in [0.29, 0.717) is 24.2 Å². The van der Waals surface area contributed by atoms with Gasteiger partial charge in [0.25, 0.3) is 5.91 Å². The number of hydrogen-bond donors (Lipinski definition) is 2. The first-order valence-electron chi connectivity index (χ1n) is 8.66. The van der Waals surface area contributed by atoms with Crippen LogP contribution in [0.1, 0.15) is 23.7 Å². The molecule has 2 aromatic rings. The number of anilines is 1. The van der Waals surface area contributed by atoms with Gasteiger partial charge in [0, 0.05) is 17.8 Å². The molecule has 2 N–H and O–H groups in total. The molecule has 0 radical (unpaired) electrons. The topological polar surface area (TPSA) is 78.5 Å². The minimum Gasteiger partial charge on any atom is -0.345 e. The Morgan fingerprint density at radius 2 is 1.63 bits per heavy atom. The van der Waals surface area contributed by atoms with Crippen molar-refractivity contribution in [2.45, 2.75) is 13.3 Å². The molecule has 142 valence electrons. The zero-order valence-corrected chi connectivity index (χ0v) is 15.1. The number of nitrogens with one attached hydrogen (secondary N) is 2. The number of carbonyl (C=O) groups is 3. The summed E-state index contributed by atoms with van der Waals surface area (Å²) < 4.78 is 13.0. The number of amides is 3. The zero-order valence-electron chi connectivity index (χ0n) is 15.1. The molecule has 0 aliphatic heterocycles. The summed E-state index contributed by atoms with van der Waals surface area (Å²) in [6.45, 7) is 1.89. The molecule has 0 saturated carbocycles. The van der Waals surface area contributed by atoms with Crippen LogP contribution in [0.3, 0.4) is 0 Å². The van der Waals surface area contributed by atoms with Crippen LogP contribution in [0.2, 0.25) is 0 Å². The Labute approximate surface area is 157 Å². The van der Waals surface area contributed by atoms with Crippen molar-refractivity contribution in [3.8, 4) is 0 Å². The van der Waals surface area contributed by atoms with Crippen molar-refractivity contribution >= 4 is 23.4 Å². The highest BCUT2D eigenvalue weighted by molar-refractivity contribution is 5.98. The standard InChI is InChI=1S/C20H22FN3O3/c1-2-12-24(20(27)15-8-10-16(21)11-9-15)14-19(26)22-13-18(25)23-17-6-4-3-5-7-17/h3-11H,2,12-14H2,1H3,(H,22,26)(H,23,25). The van der Waals surface area contributed by atoms with Gasteiger partial charge in [0.2, 0.25) is 11.8 Å². The minimum absolute atomic E-state index is 0.178. The van der Waals surface area contributed by atoms with Crippen LogP contribution in [0.4, 0.5) is 10.1 Å². The van der Waals surface area contributed by atoms with Gasteiger partial charge in [0.05, 0.1) is 13.1 Å². The molecule has 0 atom stereocenters. The smallest absolute Gasteiger partial charge is 0.254 e. The Morgan fingerprint density at radius 3 is 2.26 bits per heavy atom. The number of rotatable bonds is 8. The number of hydrogen-bond acceptors (Lipinski definition) is 3. The van der Waals surface area contributed by atoms with E-state index in [1.54, 1.807) is 24.3 Å². The maximum atomic E-state index is 13.0. The van der Waals surface area contributed by atoms with Crippen LogP contribution in [0, 0.1) is 5.82 Å². The lowest BCUT2D eigenvalue weighted by molar-refractivity contribution is -0.124. The summed E-state index contributed by atoms with van der Waals surface area (Å²) in [4.78, 5) is 37.9. The van der Waals surface area contributed by atoms with Crippen molar-refractivity contribution in [3.63, 3.8) is 0 Å². The number of benzene rings is 2. The van der Waals surface area contributed by atoms with Gasteiger partial charge < -0.3 is 15.5 Å². The first kappa shape index (κ1) is 20.1. The Balaban J connectivity index is 1.87. The van der Waals surface area contributed by atoms with Crippen LogP contribution >= 0.6 is 0 Å². The molecule has 0 fully saturated rings. The average molecular weight is 371 g/mol. The lowest BCUT2D eigenvalue weighted by atomic mass is 10.2. The second kappa shape index (κ2) is 10.1. The highest BCUT2D eigenvalue weighted by Crippen LogP contribution is 2.08. The molecule has 0 unspecified atom stereocenters. The second-order valence-electron chi connectivity index (χ2n) is 5.92. The molecule has 0 aliphatic rings. The van der Waals surface area contributed by atoms with Gasteiger partial charge in [0.15, 0.2) is 0 Å². The summed E-state index contributed by atoms with van der Waals surface area (Å²) in [5, 5.41) is 5.16. The van der Waals surface area contributed by atoms with E-state index in [0.717, 1.165) is 0 Å². The van der Waals surface area contributed by atoms with Crippen molar-refractivity contribution < 1.29 is 18.8 Å². The Bertz CT molecular complexity index is 779. The summed E-state index contributed by atoms with van der Waals surface area (Å²) in [5.41, 5.74) is 0.940. The third kappa shape index (κ3) is 6.54. The van der Waals surface area contributed by atoms with Crippen molar-refractivity contribution in [1.29, 1.82) is 0 Å². The fourth-order valence-corrected chi connectivity index (χ4v) is 2.43. The molecule has 27 heavy (non-hydrogen) atoms. The van der Waals surface area contributed by atoms with Crippen LogP contribution in [0.15, 0.2) is 54.6 Å². The van der Waals surface area contributed by atoms with Gasteiger partial charge in [-0.3, -0.25) is 14.4 Å². The van der Waals surface area contributed by atoms with Gasteiger partial charge in [-0.2, -0.15) is 0 Å². The van der Waals surface area contributed by atoms with Crippen LogP contribution in [-0.2, 0) is 9.59 Å². The maximum absolute atomic E-state index is 13.0. The summed E-state index contributed by atoms with van der Waals surface area (Å²) in [6, 6.07) is 14.1.